The highest BCUT2D eigenvalue weighted by atomic mass is 19.4. The van der Waals surface area contributed by atoms with E-state index in [1.54, 1.807) is 0 Å². The van der Waals surface area contributed by atoms with Gasteiger partial charge in [0.25, 0.3) is 0 Å². The maximum atomic E-state index is 12.7. The molecule has 1 aromatic heterocycles. The van der Waals surface area contributed by atoms with Gasteiger partial charge in [0.1, 0.15) is 0 Å². The van der Waals surface area contributed by atoms with Crippen LogP contribution in [0.5, 0.6) is 0 Å². The van der Waals surface area contributed by atoms with Crippen molar-refractivity contribution >= 4 is 5.95 Å². The van der Waals surface area contributed by atoms with Crippen molar-refractivity contribution in [2.24, 2.45) is 5.73 Å². The van der Waals surface area contributed by atoms with E-state index in [1.807, 2.05) is 0 Å². The summed E-state index contributed by atoms with van der Waals surface area (Å²) in [6.07, 6.45) is -3.93. The Balaban J connectivity index is 2.31. The zero-order valence-electron chi connectivity index (χ0n) is 8.46. The van der Waals surface area contributed by atoms with Gasteiger partial charge in [-0.3, -0.25) is 0 Å². The first-order valence-electron chi connectivity index (χ1n) is 4.98. The van der Waals surface area contributed by atoms with Crippen LogP contribution >= 0.6 is 0 Å². The highest BCUT2D eigenvalue weighted by molar-refractivity contribution is 5.28. The van der Waals surface area contributed by atoms with Crippen molar-refractivity contribution in [3.63, 3.8) is 0 Å². The molecule has 0 radical (unpaired) electrons. The summed E-state index contributed by atoms with van der Waals surface area (Å²) in [6, 6.07) is -1.58. The molecule has 0 saturated heterocycles. The molecule has 0 aliphatic carbocycles. The Morgan fingerprint density at radius 3 is 2.88 bits per heavy atom. The molecule has 1 aromatic rings. The van der Waals surface area contributed by atoms with Gasteiger partial charge in [-0.15, -0.1) is 0 Å². The molecule has 2 heterocycles. The largest absolute Gasteiger partial charge is 0.411 e. The Morgan fingerprint density at radius 2 is 2.25 bits per heavy atom. The van der Waals surface area contributed by atoms with Crippen LogP contribution in [0.4, 0.5) is 19.1 Å². The predicted molar refractivity (Wildman–Crippen MR) is 51.0 cm³/mol. The van der Waals surface area contributed by atoms with Gasteiger partial charge in [0.2, 0.25) is 5.95 Å². The van der Waals surface area contributed by atoms with E-state index in [4.69, 9.17) is 5.73 Å². The SMILES string of the molecule is NCCc1nc2n(n1)C(C(F)(F)F)CCN2. The average molecular weight is 235 g/mol. The molecule has 0 saturated carbocycles. The van der Waals surface area contributed by atoms with Crippen LogP contribution in [0.1, 0.15) is 18.3 Å². The Kier molecular flexibility index (Phi) is 2.75. The molecule has 8 heteroatoms. The highest BCUT2D eigenvalue weighted by Gasteiger charge is 2.44. The molecule has 1 atom stereocenters. The second kappa shape index (κ2) is 3.93. The molecular formula is C8H12F3N5. The van der Waals surface area contributed by atoms with E-state index in [-0.39, 0.29) is 18.9 Å². The summed E-state index contributed by atoms with van der Waals surface area (Å²) in [4.78, 5) is 3.97. The number of nitrogens with two attached hydrogens (primary N) is 1. The van der Waals surface area contributed by atoms with Crippen LogP contribution < -0.4 is 11.1 Å². The van der Waals surface area contributed by atoms with Crippen molar-refractivity contribution in [1.29, 1.82) is 0 Å². The number of rotatable bonds is 2. The molecule has 0 amide bonds. The fraction of sp³-hybridized carbons (Fsp3) is 0.750. The van der Waals surface area contributed by atoms with Gasteiger partial charge in [0, 0.05) is 13.0 Å². The summed E-state index contributed by atoms with van der Waals surface area (Å²) in [7, 11) is 0. The third kappa shape index (κ3) is 1.97. The standard InChI is InChI=1S/C8H12F3N5/c9-8(10,11)5-2-4-13-7-14-6(1-3-12)15-16(5)7/h5H,1-4,12H2,(H,13,14,15). The lowest BCUT2D eigenvalue weighted by molar-refractivity contribution is -0.171. The predicted octanol–water partition coefficient (Wildman–Crippen LogP) is 0.698. The first-order chi connectivity index (χ1) is 7.52. The van der Waals surface area contributed by atoms with Crippen molar-refractivity contribution < 1.29 is 13.2 Å². The quantitative estimate of drug-likeness (QED) is 0.791. The molecule has 0 aromatic carbocycles. The van der Waals surface area contributed by atoms with Gasteiger partial charge in [-0.2, -0.15) is 23.3 Å². The van der Waals surface area contributed by atoms with E-state index in [1.165, 1.54) is 0 Å². The lowest BCUT2D eigenvalue weighted by Gasteiger charge is -2.25. The second-order valence-corrected chi connectivity index (χ2v) is 3.61. The number of nitrogens with one attached hydrogen (secondary N) is 1. The van der Waals surface area contributed by atoms with E-state index < -0.39 is 12.2 Å². The number of nitrogens with zero attached hydrogens (tertiary/aromatic N) is 3. The Hall–Kier alpha value is -1.31. The fourth-order valence-electron chi connectivity index (χ4n) is 1.69. The van der Waals surface area contributed by atoms with Crippen molar-refractivity contribution in [1.82, 2.24) is 14.8 Å². The highest BCUT2D eigenvalue weighted by Crippen LogP contribution is 2.36. The first kappa shape index (κ1) is 11.2. The van der Waals surface area contributed by atoms with Crippen LogP contribution in [0, 0.1) is 0 Å². The van der Waals surface area contributed by atoms with Gasteiger partial charge in [0.15, 0.2) is 11.9 Å². The zero-order chi connectivity index (χ0) is 11.8. The van der Waals surface area contributed by atoms with Crippen LogP contribution in [-0.4, -0.2) is 34.0 Å². The number of fused-ring (bicyclic) bond motifs is 1. The summed E-state index contributed by atoms with van der Waals surface area (Å²) < 4.78 is 38.9. The van der Waals surface area contributed by atoms with Crippen LogP contribution in [0.15, 0.2) is 0 Å². The van der Waals surface area contributed by atoms with Crippen molar-refractivity contribution in [2.75, 3.05) is 18.4 Å². The molecule has 5 nitrogen and oxygen atoms in total. The summed E-state index contributed by atoms with van der Waals surface area (Å²) in [5.74, 6) is 0.526. The summed E-state index contributed by atoms with van der Waals surface area (Å²) in [5.41, 5.74) is 5.31. The van der Waals surface area contributed by atoms with E-state index in [9.17, 15) is 13.2 Å². The normalized spacial score (nSPS) is 20.4. The number of alkyl halides is 3. The molecular weight excluding hydrogens is 223 g/mol. The molecule has 1 aliphatic rings. The molecule has 0 bridgehead atoms. The Morgan fingerprint density at radius 1 is 1.50 bits per heavy atom. The Labute approximate surface area is 89.8 Å². The molecule has 90 valence electrons. The number of hydrogen-bond donors (Lipinski definition) is 2. The van der Waals surface area contributed by atoms with Gasteiger partial charge in [0.05, 0.1) is 0 Å². The van der Waals surface area contributed by atoms with Gasteiger partial charge >= 0.3 is 6.18 Å². The van der Waals surface area contributed by atoms with Crippen LogP contribution in [0.2, 0.25) is 0 Å². The number of halogens is 3. The van der Waals surface area contributed by atoms with E-state index >= 15 is 0 Å². The monoisotopic (exact) mass is 235 g/mol. The molecule has 1 unspecified atom stereocenters. The van der Waals surface area contributed by atoms with Gasteiger partial charge in [-0.25, -0.2) is 4.68 Å². The van der Waals surface area contributed by atoms with Gasteiger partial charge in [-0.1, -0.05) is 0 Å². The van der Waals surface area contributed by atoms with Gasteiger partial charge < -0.3 is 11.1 Å². The molecule has 3 N–H and O–H groups in total. The summed E-state index contributed by atoms with van der Waals surface area (Å²) >= 11 is 0. The lowest BCUT2D eigenvalue weighted by Crippen LogP contribution is -2.34. The van der Waals surface area contributed by atoms with Crippen molar-refractivity contribution in [2.45, 2.75) is 25.1 Å². The molecule has 0 fully saturated rings. The van der Waals surface area contributed by atoms with E-state index in [0.29, 0.717) is 18.8 Å². The minimum atomic E-state index is -4.29. The van der Waals surface area contributed by atoms with E-state index in [0.717, 1.165) is 4.68 Å². The maximum absolute atomic E-state index is 12.7. The van der Waals surface area contributed by atoms with Crippen LogP contribution in [-0.2, 0) is 6.42 Å². The number of aromatic nitrogens is 3. The minimum absolute atomic E-state index is 0.0259. The van der Waals surface area contributed by atoms with Crippen molar-refractivity contribution in [3.8, 4) is 0 Å². The van der Waals surface area contributed by atoms with Crippen molar-refractivity contribution in [3.05, 3.63) is 5.82 Å². The first-order valence-corrected chi connectivity index (χ1v) is 4.98. The minimum Gasteiger partial charge on any atom is -0.354 e. The maximum Gasteiger partial charge on any atom is 0.411 e. The molecule has 2 rings (SSSR count). The smallest absolute Gasteiger partial charge is 0.354 e. The van der Waals surface area contributed by atoms with Crippen LogP contribution in [0.3, 0.4) is 0 Å². The molecule has 0 spiro atoms. The third-order valence-electron chi connectivity index (χ3n) is 2.42. The number of anilines is 1. The zero-order valence-corrected chi connectivity index (χ0v) is 8.46. The third-order valence-corrected chi connectivity index (χ3v) is 2.42. The van der Waals surface area contributed by atoms with Gasteiger partial charge in [-0.05, 0) is 13.0 Å². The molecule has 16 heavy (non-hydrogen) atoms. The fourth-order valence-corrected chi connectivity index (χ4v) is 1.69. The lowest BCUT2D eigenvalue weighted by atomic mass is 10.2. The van der Waals surface area contributed by atoms with Crippen LogP contribution in [0.25, 0.3) is 0 Å². The number of hydrogen-bond acceptors (Lipinski definition) is 4. The Bertz CT molecular complexity index is 372. The summed E-state index contributed by atoms with van der Waals surface area (Å²) in [5, 5.41) is 6.62. The average Bonchev–Trinajstić information content (AvgIpc) is 2.58. The summed E-state index contributed by atoms with van der Waals surface area (Å²) in [6.45, 7) is 0.574. The second-order valence-electron chi connectivity index (χ2n) is 3.61. The van der Waals surface area contributed by atoms with E-state index in [2.05, 4.69) is 15.4 Å². The topological polar surface area (TPSA) is 68.8 Å². The molecule has 1 aliphatic heterocycles.